The molecule has 0 spiro atoms. The molecule has 0 bridgehead atoms. The number of unbranched alkanes of at least 4 members (excludes halogenated alkanes) is 1. The highest BCUT2D eigenvalue weighted by atomic mass is 35.5. The van der Waals surface area contributed by atoms with Crippen LogP contribution in [0.15, 0.2) is 58.3 Å². The summed E-state index contributed by atoms with van der Waals surface area (Å²) in [4.78, 5) is 52.3. The fraction of sp³-hybridized carbons (Fsp3) is 0.457. The molecule has 48 heavy (non-hydrogen) atoms. The highest BCUT2D eigenvalue weighted by Gasteiger charge is 2.41. The van der Waals surface area contributed by atoms with E-state index in [2.05, 4.69) is 15.6 Å². The number of nitrogens with one attached hydrogen (secondary N) is 2. The van der Waals surface area contributed by atoms with Crippen molar-refractivity contribution in [2.24, 2.45) is 5.73 Å². The molecule has 2 saturated heterocycles. The third kappa shape index (κ3) is 8.48. The van der Waals surface area contributed by atoms with Gasteiger partial charge in [0.25, 0.3) is 5.89 Å². The van der Waals surface area contributed by atoms with Crippen LogP contribution in [0.5, 0.6) is 0 Å². The van der Waals surface area contributed by atoms with E-state index < -0.39 is 23.8 Å². The van der Waals surface area contributed by atoms with Crippen molar-refractivity contribution in [3.63, 3.8) is 0 Å². The second kappa shape index (κ2) is 16.1. The molecule has 2 aromatic carbocycles. The first-order valence-electron chi connectivity index (χ1n) is 16.6. The highest BCUT2D eigenvalue weighted by molar-refractivity contribution is 7.09. The van der Waals surface area contributed by atoms with Gasteiger partial charge in [0.05, 0.1) is 35.9 Å². The maximum absolute atomic E-state index is 14.0. The SMILES string of the molecule is NCCCC[C@H](NC(=O)[C@@H]1C[C@@H](OCc2ccc(Cl)cc2)CN1C(=O)Cc1csc([C@@H]2CCCNC2)n1)C(=O)c1nc2ccccc2o1. The van der Waals surface area contributed by atoms with Crippen molar-refractivity contribution in [1.82, 2.24) is 25.5 Å². The van der Waals surface area contributed by atoms with E-state index in [0.29, 0.717) is 60.1 Å². The Morgan fingerprint density at radius 1 is 1.15 bits per heavy atom. The fourth-order valence-corrected chi connectivity index (χ4v) is 7.39. The van der Waals surface area contributed by atoms with Gasteiger partial charge >= 0.3 is 0 Å². The molecule has 2 aliphatic heterocycles. The Hall–Kier alpha value is -3.68. The maximum Gasteiger partial charge on any atom is 0.266 e. The van der Waals surface area contributed by atoms with E-state index in [1.165, 1.54) is 0 Å². The third-order valence-electron chi connectivity index (χ3n) is 8.92. The Labute approximate surface area is 288 Å². The molecule has 0 aliphatic carbocycles. The molecule has 254 valence electrons. The summed E-state index contributed by atoms with van der Waals surface area (Å²) in [5, 5.41) is 9.96. The molecule has 6 rings (SSSR count). The van der Waals surface area contributed by atoms with E-state index >= 15 is 0 Å². The molecule has 11 nitrogen and oxygen atoms in total. The van der Waals surface area contributed by atoms with Gasteiger partial charge in [0, 0.05) is 35.8 Å². The molecule has 0 radical (unpaired) electrons. The first-order valence-corrected chi connectivity index (χ1v) is 17.8. The molecule has 4 aromatic rings. The van der Waals surface area contributed by atoms with Crippen molar-refractivity contribution in [2.75, 3.05) is 26.2 Å². The number of piperidine rings is 1. The summed E-state index contributed by atoms with van der Waals surface area (Å²) >= 11 is 7.62. The zero-order chi connectivity index (χ0) is 33.5. The standard InChI is InChI=1S/C35H41ClN6O5S/c36-24-12-10-22(11-13-24)20-46-26-17-29(42(19-26)31(43)16-25-21-48-35(39-25)23-6-5-15-38-18-23)33(45)40-28(8-3-4-14-37)32(44)34-41-27-7-1-2-9-30(27)47-34/h1-2,7,9-13,21,23,26,28-29,38H,3-6,8,14-20,37H2,(H,40,45)/t23-,26-,28+,29+/m1/s1. The van der Waals surface area contributed by atoms with Gasteiger partial charge in [-0.2, -0.15) is 0 Å². The molecular weight excluding hydrogens is 652 g/mol. The quantitative estimate of drug-likeness (QED) is 0.127. The molecule has 4 N–H and O–H groups in total. The van der Waals surface area contributed by atoms with Gasteiger partial charge in [0.1, 0.15) is 11.6 Å². The first-order chi connectivity index (χ1) is 23.4. The van der Waals surface area contributed by atoms with Gasteiger partial charge in [0.2, 0.25) is 17.6 Å². The summed E-state index contributed by atoms with van der Waals surface area (Å²) in [6.45, 7) is 2.91. The second-order valence-corrected chi connectivity index (χ2v) is 13.8. The van der Waals surface area contributed by atoms with Crippen LogP contribution in [0.25, 0.3) is 11.1 Å². The van der Waals surface area contributed by atoms with Crippen molar-refractivity contribution in [3.05, 3.63) is 81.1 Å². The number of oxazole rings is 1. The first kappa shape index (κ1) is 34.2. The van der Waals surface area contributed by atoms with Crippen molar-refractivity contribution in [1.29, 1.82) is 0 Å². The molecule has 4 atom stereocenters. The topological polar surface area (TPSA) is 153 Å². The Bertz CT molecular complexity index is 1670. The lowest BCUT2D eigenvalue weighted by Gasteiger charge is -2.25. The van der Waals surface area contributed by atoms with Crippen LogP contribution in [0.4, 0.5) is 0 Å². The number of ketones is 1. The summed E-state index contributed by atoms with van der Waals surface area (Å²) in [7, 11) is 0. The number of carbonyl (C=O) groups is 3. The number of ether oxygens (including phenoxy) is 1. The van der Waals surface area contributed by atoms with Crippen molar-refractivity contribution >= 4 is 51.6 Å². The number of thiazole rings is 1. The van der Waals surface area contributed by atoms with Crippen LogP contribution in [-0.4, -0.2) is 76.8 Å². The smallest absolute Gasteiger partial charge is 0.266 e. The van der Waals surface area contributed by atoms with Crippen LogP contribution in [0.3, 0.4) is 0 Å². The third-order valence-corrected chi connectivity index (χ3v) is 10.2. The lowest BCUT2D eigenvalue weighted by atomic mass is 10.0. The number of rotatable bonds is 14. The van der Waals surface area contributed by atoms with Crippen LogP contribution in [0.2, 0.25) is 5.02 Å². The van der Waals surface area contributed by atoms with E-state index in [1.807, 2.05) is 23.6 Å². The lowest BCUT2D eigenvalue weighted by molar-refractivity contribution is -0.138. The van der Waals surface area contributed by atoms with Crippen LogP contribution in [0.1, 0.15) is 71.4 Å². The number of halogens is 1. The maximum atomic E-state index is 14.0. The molecule has 2 fully saturated rings. The minimum Gasteiger partial charge on any atom is -0.434 e. The summed E-state index contributed by atoms with van der Waals surface area (Å²) in [5.74, 6) is -0.772. The van der Waals surface area contributed by atoms with E-state index in [4.69, 9.17) is 31.5 Å². The van der Waals surface area contributed by atoms with Crippen LogP contribution < -0.4 is 16.4 Å². The number of aromatic nitrogens is 2. The largest absolute Gasteiger partial charge is 0.434 e. The summed E-state index contributed by atoms with van der Waals surface area (Å²) in [6.07, 6.45) is 3.81. The molecule has 2 aliphatic rings. The lowest BCUT2D eigenvalue weighted by Crippen LogP contribution is -2.51. The minimum absolute atomic E-state index is 0.0646. The number of carbonyl (C=O) groups excluding carboxylic acids is 3. The molecule has 4 heterocycles. The molecule has 13 heteroatoms. The minimum atomic E-state index is -0.895. The van der Waals surface area contributed by atoms with E-state index in [-0.39, 0.29) is 37.3 Å². The number of fused-ring (bicyclic) bond motifs is 1. The van der Waals surface area contributed by atoms with Gasteiger partial charge in [-0.3, -0.25) is 14.4 Å². The number of nitrogens with zero attached hydrogens (tertiary/aromatic N) is 3. The predicted molar refractivity (Wildman–Crippen MR) is 184 cm³/mol. The second-order valence-electron chi connectivity index (χ2n) is 12.5. The number of hydrogen-bond donors (Lipinski definition) is 3. The highest BCUT2D eigenvalue weighted by Crippen LogP contribution is 2.28. The Kier molecular flexibility index (Phi) is 11.5. The molecular formula is C35H41ClN6O5S. The van der Waals surface area contributed by atoms with Crippen LogP contribution in [0, 0.1) is 0 Å². The molecule has 0 unspecified atom stereocenters. The van der Waals surface area contributed by atoms with Crippen LogP contribution in [-0.2, 0) is 27.4 Å². The molecule has 2 aromatic heterocycles. The number of para-hydroxylation sites is 2. The van der Waals surface area contributed by atoms with Gasteiger partial charge in [-0.05, 0) is 75.0 Å². The molecule has 2 amide bonds. The summed E-state index contributed by atoms with van der Waals surface area (Å²) < 4.78 is 12.0. The predicted octanol–water partition coefficient (Wildman–Crippen LogP) is 4.63. The summed E-state index contributed by atoms with van der Waals surface area (Å²) in [6, 6.07) is 12.8. The van der Waals surface area contributed by atoms with Gasteiger partial charge in [-0.1, -0.05) is 35.9 Å². The molecule has 0 saturated carbocycles. The zero-order valence-corrected chi connectivity index (χ0v) is 28.3. The average molecular weight is 693 g/mol. The van der Waals surface area contributed by atoms with Gasteiger partial charge in [0.15, 0.2) is 5.58 Å². The number of Topliss-reactive ketones (excluding diaryl/α,β-unsaturated/α-hetero) is 1. The number of likely N-dealkylation sites (tertiary alicyclic amines) is 1. The van der Waals surface area contributed by atoms with Gasteiger partial charge in [-0.25, -0.2) is 9.97 Å². The Morgan fingerprint density at radius 2 is 1.98 bits per heavy atom. The van der Waals surface area contributed by atoms with E-state index in [1.54, 1.807) is 46.6 Å². The fourth-order valence-electron chi connectivity index (χ4n) is 6.30. The van der Waals surface area contributed by atoms with Crippen molar-refractivity contribution < 1.29 is 23.5 Å². The van der Waals surface area contributed by atoms with Gasteiger partial charge < -0.3 is 30.4 Å². The van der Waals surface area contributed by atoms with E-state index in [0.717, 1.165) is 36.5 Å². The zero-order valence-electron chi connectivity index (χ0n) is 26.7. The number of benzene rings is 2. The number of hydrogen-bond acceptors (Lipinski definition) is 10. The number of nitrogens with two attached hydrogens (primary N) is 1. The van der Waals surface area contributed by atoms with Crippen molar-refractivity contribution in [3.8, 4) is 0 Å². The van der Waals surface area contributed by atoms with Crippen molar-refractivity contribution in [2.45, 2.75) is 75.7 Å². The Morgan fingerprint density at radius 3 is 2.75 bits per heavy atom. The average Bonchev–Trinajstić information content (AvgIpc) is 3.86. The summed E-state index contributed by atoms with van der Waals surface area (Å²) in [5.41, 5.74) is 8.41. The van der Waals surface area contributed by atoms with Gasteiger partial charge in [-0.15, -0.1) is 11.3 Å². The monoisotopic (exact) mass is 692 g/mol. The van der Waals surface area contributed by atoms with E-state index in [9.17, 15) is 14.4 Å². The number of amides is 2. The normalized spacial score (nSPS) is 20.2. The van der Waals surface area contributed by atoms with Crippen LogP contribution >= 0.6 is 22.9 Å². The Balaban J connectivity index is 1.18.